The van der Waals surface area contributed by atoms with Crippen LogP contribution < -0.4 is 0 Å². The standard InChI is InChI=1S/C7H4ClN3O2S/c8-14(12,13)6-2-1-5-7(11-6)10-4-3-9-5/h1-4H. The van der Waals surface area contributed by atoms with Crippen molar-refractivity contribution >= 4 is 30.9 Å². The third kappa shape index (κ3) is 1.66. The summed E-state index contributed by atoms with van der Waals surface area (Å²) in [6.45, 7) is 0. The number of hydrogen-bond acceptors (Lipinski definition) is 5. The molecule has 0 aliphatic carbocycles. The van der Waals surface area contributed by atoms with Crippen LogP contribution in [0.4, 0.5) is 0 Å². The zero-order valence-electron chi connectivity index (χ0n) is 6.75. The number of nitrogens with zero attached hydrogens (tertiary/aromatic N) is 3. The van der Waals surface area contributed by atoms with Crippen LogP contribution in [0.15, 0.2) is 29.6 Å². The Morgan fingerprint density at radius 1 is 1.14 bits per heavy atom. The molecular formula is C7H4ClN3O2S. The maximum absolute atomic E-state index is 10.9. The van der Waals surface area contributed by atoms with Gasteiger partial charge in [0.15, 0.2) is 10.7 Å². The molecule has 0 aromatic carbocycles. The molecule has 0 radical (unpaired) electrons. The van der Waals surface area contributed by atoms with Gasteiger partial charge in [0.1, 0.15) is 5.52 Å². The molecule has 0 spiro atoms. The van der Waals surface area contributed by atoms with Gasteiger partial charge in [-0.05, 0) is 12.1 Å². The van der Waals surface area contributed by atoms with Gasteiger partial charge in [-0.25, -0.2) is 18.4 Å². The third-order valence-corrected chi connectivity index (χ3v) is 2.76. The van der Waals surface area contributed by atoms with E-state index in [4.69, 9.17) is 10.7 Å². The van der Waals surface area contributed by atoms with E-state index < -0.39 is 9.05 Å². The highest BCUT2D eigenvalue weighted by Gasteiger charge is 2.12. The molecule has 0 atom stereocenters. The van der Waals surface area contributed by atoms with Gasteiger partial charge in [0.05, 0.1) is 0 Å². The minimum atomic E-state index is -3.80. The minimum Gasteiger partial charge on any atom is -0.251 e. The van der Waals surface area contributed by atoms with Crippen LogP contribution in [0, 0.1) is 0 Å². The van der Waals surface area contributed by atoms with E-state index in [1.807, 2.05) is 0 Å². The lowest BCUT2D eigenvalue weighted by Gasteiger charge is -1.96. The van der Waals surface area contributed by atoms with Gasteiger partial charge in [-0.3, -0.25) is 4.98 Å². The molecule has 14 heavy (non-hydrogen) atoms. The first-order chi connectivity index (χ1) is 6.57. The van der Waals surface area contributed by atoms with Gasteiger partial charge in [0.2, 0.25) is 0 Å². The number of pyridine rings is 1. The molecular weight excluding hydrogens is 226 g/mol. The molecule has 7 heteroatoms. The summed E-state index contributed by atoms with van der Waals surface area (Å²) in [4.78, 5) is 11.6. The van der Waals surface area contributed by atoms with Crippen molar-refractivity contribution in [1.29, 1.82) is 0 Å². The first-order valence-electron chi connectivity index (χ1n) is 3.60. The molecule has 5 nitrogen and oxygen atoms in total. The molecule has 0 bridgehead atoms. The van der Waals surface area contributed by atoms with E-state index in [9.17, 15) is 8.42 Å². The molecule has 0 unspecified atom stereocenters. The molecule has 2 aromatic rings. The van der Waals surface area contributed by atoms with Crippen LogP contribution in [0.2, 0.25) is 0 Å². The van der Waals surface area contributed by atoms with Crippen molar-refractivity contribution in [3.05, 3.63) is 24.5 Å². The maximum atomic E-state index is 10.9. The van der Waals surface area contributed by atoms with Gasteiger partial charge in [0.25, 0.3) is 9.05 Å². The largest absolute Gasteiger partial charge is 0.278 e. The summed E-state index contributed by atoms with van der Waals surface area (Å²) >= 11 is 0. The molecule has 2 heterocycles. The lowest BCUT2D eigenvalue weighted by Crippen LogP contribution is -1.96. The lowest BCUT2D eigenvalue weighted by atomic mass is 10.4. The topological polar surface area (TPSA) is 72.8 Å². The Morgan fingerprint density at radius 3 is 2.57 bits per heavy atom. The zero-order valence-corrected chi connectivity index (χ0v) is 8.33. The van der Waals surface area contributed by atoms with Crippen LogP contribution in [-0.2, 0) is 9.05 Å². The van der Waals surface area contributed by atoms with Crippen molar-refractivity contribution in [1.82, 2.24) is 15.0 Å². The molecule has 2 aromatic heterocycles. The summed E-state index contributed by atoms with van der Waals surface area (Å²) in [6.07, 6.45) is 2.93. The predicted octanol–water partition coefficient (Wildman–Crippen LogP) is 0.952. The van der Waals surface area contributed by atoms with E-state index in [2.05, 4.69) is 15.0 Å². The van der Waals surface area contributed by atoms with E-state index in [1.54, 1.807) is 0 Å². The summed E-state index contributed by atoms with van der Waals surface area (Å²) in [5.41, 5.74) is 0.783. The Hall–Kier alpha value is -1.27. The molecule has 0 saturated heterocycles. The summed E-state index contributed by atoms with van der Waals surface area (Å²) < 4.78 is 21.9. The van der Waals surface area contributed by atoms with Crippen molar-refractivity contribution in [2.24, 2.45) is 0 Å². The van der Waals surface area contributed by atoms with Crippen LogP contribution in [0.3, 0.4) is 0 Å². The first kappa shape index (κ1) is 9.29. The average Bonchev–Trinajstić information content (AvgIpc) is 2.16. The van der Waals surface area contributed by atoms with E-state index in [0.717, 1.165) is 0 Å². The second-order valence-electron chi connectivity index (χ2n) is 2.49. The number of rotatable bonds is 1. The Balaban J connectivity index is 2.75. The Bertz CT molecular complexity index is 584. The van der Waals surface area contributed by atoms with E-state index >= 15 is 0 Å². The summed E-state index contributed by atoms with van der Waals surface area (Å²) in [5.74, 6) is 0. The molecule has 72 valence electrons. The molecule has 0 saturated carbocycles. The van der Waals surface area contributed by atoms with E-state index in [0.29, 0.717) is 5.52 Å². The van der Waals surface area contributed by atoms with Crippen molar-refractivity contribution in [2.75, 3.05) is 0 Å². The second kappa shape index (κ2) is 3.14. The molecule has 0 N–H and O–H groups in total. The fraction of sp³-hybridized carbons (Fsp3) is 0. The highest BCUT2D eigenvalue weighted by molar-refractivity contribution is 8.13. The molecule has 0 aliphatic rings. The third-order valence-electron chi connectivity index (χ3n) is 1.56. The Morgan fingerprint density at radius 2 is 1.86 bits per heavy atom. The number of hydrogen-bond donors (Lipinski definition) is 0. The van der Waals surface area contributed by atoms with Crippen LogP contribution in [0.5, 0.6) is 0 Å². The SMILES string of the molecule is O=S(=O)(Cl)c1ccc2nccnc2n1. The normalized spacial score (nSPS) is 11.8. The zero-order chi connectivity index (χ0) is 10.2. The fourth-order valence-electron chi connectivity index (χ4n) is 0.973. The summed E-state index contributed by atoms with van der Waals surface area (Å²) in [7, 11) is 1.32. The van der Waals surface area contributed by atoms with Gasteiger partial charge in [-0.1, -0.05) is 0 Å². The van der Waals surface area contributed by atoms with Crippen LogP contribution in [0.25, 0.3) is 11.2 Å². The van der Waals surface area contributed by atoms with Gasteiger partial charge in [0, 0.05) is 23.1 Å². The van der Waals surface area contributed by atoms with Crippen LogP contribution >= 0.6 is 10.7 Å². The van der Waals surface area contributed by atoms with Crippen molar-refractivity contribution in [2.45, 2.75) is 5.03 Å². The smallest absolute Gasteiger partial charge is 0.251 e. The number of fused-ring (bicyclic) bond motifs is 1. The lowest BCUT2D eigenvalue weighted by molar-refractivity contribution is 0.606. The maximum Gasteiger partial charge on any atom is 0.278 e. The Kier molecular flexibility index (Phi) is 2.09. The molecule has 0 aliphatic heterocycles. The van der Waals surface area contributed by atoms with E-state index in [-0.39, 0.29) is 10.7 Å². The monoisotopic (exact) mass is 229 g/mol. The first-order valence-corrected chi connectivity index (χ1v) is 5.91. The summed E-state index contributed by atoms with van der Waals surface area (Å²) in [5, 5.41) is -0.216. The van der Waals surface area contributed by atoms with Gasteiger partial charge >= 0.3 is 0 Å². The highest BCUT2D eigenvalue weighted by Crippen LogP contribution is 2.14. The Labute approximate surface area is 84.2 Å². The van der Waals surface area contributed by atoms with Gasteiger partial charge in [-0.2, -0.15) is 0 Å². The van der Waals surface area contributed by atoms with Crippen LogP contribution in [-0.4, -0.2) is 23.4 Å². The number of halogens is 1. The number of aromatic nitrogens is 3. The second-order valence-corrected chi connectivity index (χ2v) is 5.00. The minimum absolute atomic E-state index is 0.216. The average molecular weight is 230 g/mol. The molecule has 2 rings (SSSR count). The predicted molar refractivity (Wildman–Crippen MR) is 50.4 cm³/mol. The van der Waals surface area contributed by atoms with Crippen LogP contribution in [0.1, 0.15) is 0 Å². The van der Waals surface area contributed by atoms with Gasteiger partial charge < -0.3 is 0 Å². The highest BCUT2D eigenvalue weighted by atomic mass is 35.7. The molecule has 0 fully saturated rings. The van der Waals surface area contributed by atoms with Crippen molar-refractivity contribution in [3.8, 4) is 0 Å². The van der Waals surface area contributed by atoms with Gasteiger partial charge in [-0.15, -0.1) is 0 Å². The quantitative estimate of drug-likeness (QED) is 0.681. The van der Waals surface area contributed by atoms with Crippen molar-refractivity contribution < 1.29 is 8.42 Å². The fourth-order valence-corrected chi connectivity index (χ4v) is 1.66. The van der Waals surface area contributed by atoms with Crippen molar-refractivity contribution in [3.63, 3.8) is 0 Å². The molecule has 0 amide bonds. The van der Waals surface area contributed by atoms with E-state index in [1.165, 1.54) is 24.5 Å². The summed E-state index contributed by atoms with van der Waals surface area (Å²) in [6, 6.07) is 2.80.